The maximum Gasteiger partial charge on any atom is 0.295 e. The number of nitrogens with zero attached hydrogens (tertiary/aromatic N) is 2. The molecule has 0 aliphatic carbocycles. The van der Waals surface area contributed by atoms with Crippen LogP contribution in [0.1, 0.15) is 36.9 Å². The van der Waals surface area contributed by atoms with E-state index in [1.54, 1.807) is 18.2 Å². The Morgan fingerprint density at radius 3 is 2.31 bits per heavy atom. The van der Waals surface area contributed by atoms with E-state index in [4.69, 9.17) is 9.47 Å². The third-order valence-electron chi connectivity index (χ3n) is 5.37. The monoisotopic (exact) mass is 440 g/mol. The van der Waals surface area contributed by atoms with Crippen molar-refractivity contribution >= 4 is 23.1 Å². The second-order valence-electron chi connectivity index (χ2n) is 7.26. The van der Waals surface area contributed by atoms with Crippen LogP contribution in [0.5, 0.6) is 11.5 Å². The Balaban J connectivity index is 2.17. The van der Waals surface area contributed by atoms with Crippen molar-refractivity contribution in [2.75, 3.05) is 20.8 Å². The molecule has 168 valence electrons. The minimum Gasteiger partial charge on any atom is -0.507 e. The number of ketones is 1. The molecule has 1 unspecified atom stereocenters. The highest BCUT2D eigenvalue weighted by molar-refractivity contribution is 6.46. The Hall–Kier alpha value is -3.88. The molecule has 0 radical (unpaired) electrons. The smallest absolute Gasteiger partial charge is 0.295 e. The maximum atomic E-state index is 13.0. The van der Waals surface area contributed by atoms with Crippen LogP contribution in [-0.4, -0.2) is 47.4 Å². The van der Waals surface area contributed by atoms with Gasteiger partial charge in [-0.25, -0.2) is 0 Å². The van der Waals surface area contributed by atoms with Crippen molar-refractivity contribution < 1.29 is 29.1 Å². The summed E-state index contributed by atoms with van der Waals surface area (Å²) in [6.07, 6.45) is 1.48. The van der Waals surface area contributed by atoms with Gasteiger partial charge in [-0.2, -0.15) is 0 Å². The normalized spacial score (nSPS) is 17.5. The molecule has 1 atom stereocenters. The largest absolute Gasteiger partial charge is 0.507 e. The van der Waals surface area contributed by atoms with E-state index in [-0.39, 0.29) is 16.8 Å². The zero-order valence-corrected chi connectivity index (χ0v) is 18.0. The number of carbonyl (C=O) groups excluding carboxylic acids is 2. The van der Waals surface area contributed by atoms with Gasteiger partial charge in [0, 0.05) is 24.2 Å². The van der Waals surface area contributed by atoms with Gasteiger partial charge in [0.05, 0.1) is 30.8 Å². The number of rotatable bonds is 8. The van der Waals surface area contributed by atoms with E-state index in [1.165, 1.54) is 43.4 Å². The SMILES string of the molecule is CCCCN1C(=O)C(=O)C(=C(O)c2ccc([N+](=O)[O-])cc2)C1c1ccc(OC)c(OC)c1. The second-order valence-corrected chi connectivity index (χ2v) is 7.26. The Labute approximate surface area is 185 Å². The van der Waals surface area contributed by atoms with Crippen LogP contribution in [0.25, 0.3) is 5.76 Å². The lowest BCUT2D eigenvalue weighted by Crippen LogP contribution is -2.30. The fourth-order valence-corrected chi connectivity index (χ4v) is 3.71. The molecule has 32 heavy (non-hydrogen) atoms. The first-order chi connectivity index (χ1) is 15.3. The van der Waals surface area contributed by atoms with Crippen LogP contribution in [0.4, 0.5) is 5.69 Å². The summed E-state index contributed by atoms with van der Waals surface area (Å²) in [4.78, 5) is 37.6. The zero-order valence-electron chi connectivity index (χ0n) is 18.0. The number of benzene rings is 2. The van der Waals surface area contributed by atoms with Gasteiger partial charge in [0.1, 0.15) is 5.76 Å². The summed E-state index contributed by atoms with van der Waals surface area (Å²) in [5.74, 6) is -1.01. The summed E-state index contributed by atoms with van der Waals surface area (Å²) >= 11 is 0. The first-order valence-electron chi connectivity index (χ1n) is 10.1. The zero-order chi connectivity index (χ0) is 23.4. The van der Waals surface area contributed by atoms with E-state index >= 15 is 0 Å². The Morgan fingerprint density at radius 1 is 1.09 bits per heavy atom. The molecule has 0 saturated carbocycles. The predicted molar refractivity (Wildman–Crippen MR) is 117 cm³/mol. The van der Waals surface area contributed by atoms with E-state index in [1.807, 2.05) is 6.92 Å². The van der Waals surface area contributed by atoms with Gasteiger partial charge in [0.25, 0.3) is 17.4 Å². The van der Waals surface area contributed by atoms with Gasteiger partial charge in [-0.15, -0.1) is 0 Å². The van der Waals surface area contributed by atoms with Crippen LogP contribution >= 0.6 is 0 Å². The van der Waals surface area contributed by atoms with Crippen molar-refractivity contribution in [2.45, 2.75) is 25.8 Å². The number of non-ortho nitro benzene ring substituents is 1. The molecule has 9 heteroatoms. The molecule has 9 nitrogen and oxygen atoms in total. The lowest BCUT2D eigenvalue weighted by atomic mass is 9.95. The number of ether oxygens (including phenoxy) is 2. The molecule has 3 rings (SSSR count). The summed E-state index contributed by atoms with van der Waals surface area (Å²) in [5, 5.41) is 21.9. The minimum absolute atomic E-state index is 0.0767. The number of hydrogen-bond donors (Lipinski definition) is 1. The number of aliphatic hydroxyl groups excluding tert-OH is 1. The molecule has 1 fully saturated rings. The number of carbonyl (C=O) groups is 2. The summed E-state index contributed by atoms with van der Waals surface area (Å²) < 4.78 is 10.6. The Morgan fingerprint density at radius 2 is 1.75 bits per heavy atom. The summed E-state index contributed by atoms with van der Waals surface area (Å²) in [7, 11) is 2.98. The second kappa shape index (κ2) is 9.51. The number of Topliss-reactive ketones (excluding diaryl/α,β-unsaturated/α-hetero) is 1. The standard InChI is InChI=1S/C23H24N2O7/c1-4-5-12-24-20(15-8-11-17(31-2)18(13-15)32-3)19(22(27)23(24)28)21(26)14-6-9-16(10-7-14)25(29)30/h6-11,13,20,26H,4-5,12H2,1-3H3. The van der Waals surface area contributed by atoms with Crippen LogP contribution in [0.15, 0.2) is 48.0 Å². The van der Waals surface area contributed by atoms with Crippen LogP contribution in [0, 0.1) is 10.1 Å². The highest BCUT2D eigenvalue weighted by atomic mass is 16.6. The summed E-state index contributed by atoms with van der Waals surface area (Å²) in [6, 6.07) is 9.35. The molecule has 1 N–H and O–H groups in total. The maximum absolute atomic E-state index is 13.0. The Bertz CT molecular complexity index is 1080. The topological polar surface area (TPSA) is 119 Å². The highest BCUT2D eigenvalue weighted by Crippen LogP contribution is 2.42. The number of unbranched alkanes of at least 4 members (excludes halogenated alkanes) is 1. The van der Waals surface area contributed by atoms with Crippen LogP contribution in [0.3, 0.4) is 0 Å². The fraction of sp³-hybridized carbons (Fsp3) is 0.304. The number of nitro benzene ring substituents is 1. The average molecular weight is 440 g/mol. The molecule has 1 heterocycles. The van der Waals surface area contributed by atoms with Gasteiger partial charge in [0.2, 0.25) is 0 Å². The number of amides is 1. The van der Waals surface area contributed by atoms with Gasteiger partial charge in [-0.1, -0.05) is 19.4 Å². The number of methoxy groups -OCH3 is 2. The van der Waals surface area contributed by atoms with Gasteiger partial charge in [-0.3, -0.25) is 19.7 Å². The predicted octanol–water partition coefficient (Wildman–Crippen LogP) is 3.83. The van der Waals surface area contributed by atoms with Crippen LogP contribution < -0.4 is 9.47 Å². The first-order valence-corrected chi connectivity index (χ1v) is 10.1. The van der Waals surface area contributed by atoms with Gasteiger partial charge >= 0.3 is 0 Å². The first kappa shape index (κ1) is 22.8. The third kappa shape index (κ3) is 4.14. The molecule has 0 aromatic heterocycles. The van der Waals surface area contributed by atoms with E-state index in [0.29, 0.717) is 30.0 Å². The molecule has 1 aliphatic rings. The molecule has 2 aromatic carbocycles. The highest BCUT2D eigenvalue weighted by Gasteiger charge is 2.46. The van der Waals surface area contributed by atoms with Crippen molar-refractivity contribution in [1.82, 2.24) is 4.90 Å². The summed E-state index contributed by atoms with van der Waals surface area (Å²) in [6.45, 7) is 2.30. The summed E-state index contributed by atoms with van der Waals surface area (Å²) in [5.41, 5.74) is 0.546. The number of hydrogen-bond acceptors (Lipinski definition) is 7. The minimum atomic E-state index is -0.837. The molecule has 0 spiro atoms. The van der Waals surface area contributed by atoms with Crippen molar-refractivity contribution in [1.29, 1.82) is 0 Å². The van der Waals surface area contributed by atoms with Crippen molar-refractivity contribution in [2.24, 2.45) is 0 Å². The number of nitro groups is 1. The third-order valence-corrected chi connectivity index (χ3v) is 5.37. The molecule has 0 bridgehead atoms. The molecular weight excluding hydrogens is 416 g/mol. The average Bonchev–Trinajstić information content (AvgIpc) is 3.06. The lowest BCUT2D eigenvalue weighted by Gasteiger charge is -2.25. The van der Waals surface area contributed by atoms with Crippen molar-refractivity contribution in [3.63, 3.8) is 0 Å². The van der Waals surface area contributed by atoms with E-state index in [9.17, 15) is 24.8 Å². The molecule has 1 amide bonds. The van der Waals surface area contributed by atoms with Gasteiger partial charge < -0.3 is 19.5 Å². The van der Waals surface area contributed by atoms with E-state index in [2.05, 4.69) is 0 Å². The van der Waals surface area contributed by atoms with Crippen LogP contribution in [-0.2, 0) is 9.59 Å². The van der Waals surface area contributed by atoms with E-state index in [0.717, 1.165) is 6.42 Å². The Kier molecular flexibility index (Phi) is 6.77. The fourth-order valence-electron chi connectivity index (χ4n) is 3.71. The quantitative estimate of drug-likeness (QED) is 0.218. The van der Waals surface area contributed by atoms with E-state index < -0.39 is 28.4 Å². The van der Waals surface area contributed by atoms with Gasteiger partial charge in [0.15, 0.2) is 11.5 Å². The number of likely N-dealkylation sites (tertiary alicyclic amines) is 1. The van der Waals surface area contributed by atoms with Gasteiger partial charge in [-0.05, 0) is 36.2 Å². The molecule has 2 aromatic rings. The number of aliphatic hydroxyl groups is 1. The molecule has 1 aliphatic heterocycles. The molecule has 1 saturated heterocycles. The van der Waals surface area contributed by atoms with Crippen molar-refractivity contribution in [3.05, 3.63) is 69.3 Å². The lowest BCUT2D eigenvalue weighted by molar-refractivity contribution is -0.384. The van der Waals surface area contributed by atoms with Crippen LogP contribution in [0.2, 0.25) is 0 Å². The van der Waals surface area contributed by atoms with Crippen molar-refractivity contribution in [3.8, 4) is 11.5 Å². The molecular formula is C23H24N2O7.